The molecule has 158 valence electrons. The minimum atomic E-state index is -0.744. The number of hydrogen-bond donors (Lipinski definition) is 3. The molecule has 5 nitrogen and oxygen atoms in total. The maximum atomic E-state index is 13.3. The fourth-order valence-corrected chi connectivity index (χ4v) is 4.28. The first-order valence-corrected chi connectivity index (χ1v) is 10.2. The zero-order valence-corrected chi connectivity index (χ0v) is 16.1. The van der Waals surface area contributed by atoms with Crippen molar-refractivity contribution in [2.75, 3.05) is 13.1 Å². The van der Waals surface area contributed by atoms with Crippen LogP contribution in [-0.2, 0) is 11.2 Å². The summed E-state index contributed by atoms with van der Waals surface area (Å²) in [6, 6.07) is 4.41. The lowest BCUT2D eigenvalue weighted by Gasteiger charge is -2.37. The third kappa shape index (κ3) is 4.86. The SMILES string of the molecule is O[C@H](CNC[C@H](O)[C@H]1CCc2cc(F)ccc2O1)[C@H]1CCC2C=C(F)C=CC2O1. The summed E-state index contributed by atoms with van der Waals surface area (Å²) in [5.74, 6) is 0.112. The maximum absolute atomic E-state index is 13.3. The van der Waals surface area contributed by atoms with Crippen molar-refractivity contribution in [2.45, 2.75) is 56.2 Å². The van der Waals surface area contributed by atoms with E-state index < -0.39 is 12.2 Å². The van der Waals surface area contributed by atoms with Gasteiger partial charge in [0.15, 0.2) is 0 Å². The Morgan fingerprint density at radius 2 is 1.86 bits per heavy atom. The van der Waals surface area contributed by atoms with Crippen LogP contribution in [0.25, 0.3) is 0 Å². The zero-order chi connectivity index (χ0) is 20.4. The lowest BCUT2D eigenvalue weighted by atomic mass is 9.87. The second-order valence-electron chi connectivity index (χ2n) is 8.03. The van der Waals surface area contributed by atoms with Crippen LogP contribution in [0.3, 0.4) is 0 Å². The van der Waals surface area contributed by atoms with E-state index in [0.29, 0.717) is 25.0 Å². The average molecular weight is 407 g/mol. The van der Waals surface area contributed by atoms with E-state index in [0.717, 1.165) is 12.0 Å². The van der Waals surface area contributed by atoms with Gasteiger partial charge in [-0.1, -0.05) is 6.08 Å². The fourth-order valence-electron chi connectivity index (χ4n) is 4.28. The van der Waals surface area contributed by atoms with Crippen LogP contribution in [0.2, 0.25) is 0 Å². The third-order valence-corrected chi connectivity index (χ3v) is 5.92. The Morgan fingerprint density at radius 3 is 2.69 bits per heavy atom. The van der Waals surface area contributed by atoms with Crippen LogP contribution >= 0.6 is 0 Å². The number of aryl methyl sites for hydroxylation is 1. The summed E-state index contributed by atoms with van der Waals surface area (Å²) in [5.41, 5.74) is 0.816. The molecule has 1 saturated heterocycles. The Hall–Kier alpha value is -1.80. The lowest BCUT2D eigenvalue weighted by molar-refractivity contribution is -0.103. The predicted octanol–water partition coefficient (Wildman–Crippen LogP) is 2.42. The smallest absolute Gasteiger partial charge is 0.126 e. The summed E-state index contributed by atoms with van der Waals surface area (Å²) < 4.78 is 38.3. The van der Waals surface area contributed by atoms with E-state index in [1.54, 1.807) is 18.2 Å². The van der Waals surface area contributed by atoms with Gasteiger partial charge in [-0.25, -0.2) is 8.78 Å². The normalized spacial score (nSPS) is 30.6. The second kappa shape index (κ2) is 8.92. The molecule has 2 unspecified atom stereocenters. The molecule has 4 rings (SSSR count). The van der Waals surface area contributed by atoms with E-state index in [-0.39, 0.29) is 49.0 Å². The van der Waals surface area contributed by atoms with Crippen LogP contribution in [0, 0.1) is 11.7 Å². The molecule has 1 aliphatic carbocycles. The number of nitrogens with one attached hydrogen (secondary N) is 1. The highest BCUT2D eigenvalue weighted by Gasteiger charge is 2.34. The number of hydrogen-bond acceptors (Lipinski definition) is 5. The zero-order valence-electron chi connectivity index (χ0n) is 16.1. The molecule has 1 aromatic carbocycles. The number of aliphatic hydroxyl groups excluding tert-OH is 2. The summed E-state index contributed by atoms with van der Waals surface area (Å²) >= 11 is 0. The van der Waals surface area contributed by atoms with Crippen molar-refractivity contribution in [1.82, 2.24) is 5.32 Å². The number of ether oxygens (including phenoxy) is 2. The number of allylic oxidation sites excluding steroid dienone is 2. The van der Waals surface area contributed by atoms with Crippen molar-refractivity contribution in [1.29, 1.82) is 0 Å². The van der Waals surface area contributed by atoms with Crippen LogP contribution in [0.15, 0.2) is 42.3 Å². The van der Waals surface area contributed by atoms with Gasteiger partial charge < -0.3 is 25.0 Å². The maximum Gasteiger partial charge on any atom is 0.126 e. The van der Waals surface area contributed by atoms with Crippen molar-refractivity contribution >= 4 is 0 Å². The number of fused-ring (bicyclic) bond motifs is 2. The second-order valence-corrected chi connectivity index (χ2v) is 8.03. The summed E-state index contributed by atoms with van der Waals surface area (Å²) in [7, 11) is 0. The van der Waals surface area contributed by atoms with Crippen LogP contribution in [0.1, 0.15) is 24.8 Å². The minimum Gasteiger partial charge on any atom is -0.487 e. The molecule has 3 N–H and O–H groups in total. The summed E-state index contributed by atoms with van der Waals surface area (Å²) in [6.07, 6.45) is 5.01. The number of rotatable bonds is 6. The number of halogens is 2. The van der Waals surface area contributed by atoms with Crippen molar-refractivity contribution in [3.8, 4) is 5.75 Å². The Balaban J connectivity index is 1.21. The van der Waals surface area contributed by atoms with Crippen LogP contribution in [0.4, 0.5) is 8.78 Å². The molecule has 0 spiro atoms. The molecule has 1 fully saturated rings. The van der Waals surface area contributed by atoms with Crippen molar-refractivity contribution in [3.63, 3.8) is 0 Å². The molecule has 0 bridgehead atoms. The number of benzene rings is 1. The Labute approximate surface area is 169 Å². The molecular weight excluding hydrogens is 380 g/mol. The predicted molar refractivity (Wildman–Crippen MR) is 104 cm³/mol. The van der Waals surface area contributed by atoms with Crippen LogP contribution in [-0.4, -0.2) is 53.8 Å². The monoisotopic (exact) mass is 407 g/mol. The molecule has 0 aromatic heterocycles. The Morgan fingerprint density at radius 1 is 1.07 bits per heavy atom. The van der Waals surface area contributed by atoms with Gasteiger partial charge in [0.1, 0.15) is 29.6 Å². The summed E-state index contributed by atoms with van der Waals surface area (Å²) in [5, 5.41) is 24.0. The highest BCUT2D eigenvalue weighted by molar-refractivity contribution is 5.36. The summed E-state index contributed by atoms with van der Waals surface area (Å²) in [6.45, 7) is 0.548. The van der Waals surface area contributed by atoms with E-state index in [1.807, 2.05) is 0 Å². The van der Waals surface area contributed by atoms with E-state index in [4.69, 9.17) is 9.47 Å². The number of aliphatic hydroxyl groups is 2. The van der Waals surface area contributed by atoms with Gasteiger partial charge in [-0.2, -0.15) is 0 Å². The fraction of sp³-hybridized carbons (Fsp3) is 0.545. The van der Waals surface area contributed by atoms with Gasteiger partial charge in [-0.15, -0.1) is 0 Å². The highest BCUT2D eigenvalue weighted by atomic mass is 19.1. The molecule has 0 saturated carbocycles. The first-order valence-electron chi connectivity index (χ1n) is 10.2. The van der Waals surface area contributed by atoms with Gasteiger partial charge in [-0.05, 0) is 61.6 Å². The van der Waals surface area contributed by atoms with Crippen LogP contribution in [0.5, 0.6) is 5.75 Å². The molecule has 0 amide bonds. The van der Waals surface area contributed by atoms with Crippen molar-refractivity contribution in [3.05, 3.63) is 53.6 Å². The third-order valence-electron chi connectivity index (χ3n) is 5.92. The molecule has 3 aliphatic rings. The molecule has 2 aliphatic heterocycles. The van der Waals surface area contributed by atoms with E-state index >= 15 is 0 Å². The topological polar surface area (TPSA) is 71.0 Å². The molecule has 2 heterocycles. The van der Waals surface area contributed by atoms with Crippen molar-refractivity contribution in [2.24, 2.45) is 5.92 Å². The van der Waals surface area contributed by atoms with E-state index in [1.165, 1.54) is 18.2 Å². The largest absolute Gasteiger partial charge is 0.487 e. The molecule has 6 atom stereocenters. The average Bonchev–Trinajstić information content (AvgIpc) is 2.72. The first-order chi connectivity index (χ1) is 14.0. The lowest BCUT2D eigenvalue weighted by Crippen LogP contribution is -2.47. The molecule has 7 heteroatoms. The Kier molecular flexibility index (Phi) is 6.29. The minimum absolute atomic E-state index is 0.0260. The van der Waals surface area contributed by atoms with Crippen molar-refractivity contribution < 1.29 is 28.5 Å². The van der Waals surface area contributed by atoms with E-state index in [9.17, 15) is 19.0 Å². The quantitative estimate of drug-likeness (QED) is 0.676. The van der Waals surface area contributed by atoms with E-state index in [2.05, 4.69) is 5.32 Å². The highest BCUT2D eigenvalue weighted by Crippen LogP contribution is 2.32. The summed E-state index contributed by atoms with van der Waals surface area (Å²) in [4.78, 5) is 0. The van der Waals surface area contributed by atoms with Gasteiger partial charge in [0.25, 0.3) is 0 Å². The molecule has 1 aromatic rings. The standard InChI is InChI=1S/C22H27F2NO4/c23-15-3-7-19-13(9-15)1-5-21(28-19)17(26)11-25-12-18(27)22-6-2-14-10-16(24)4-8-20(14)29-22/h3-4,7-10,13,17-19,21-22,25-27H,1-2,5-6,11-12H2/t13?,17-,18+,19?,21-,22-/m1/s1. The van der Waals surface area contributed by atoms with Gasteiger partial charge in [0, 0.05) is 19.0 Å². The molecule has 29 heavy (non-hydrogen) atoms. The van der Waals surface area contributed by atoms with Gasteiger partial charge >= 0.3 is 0 Å². The molecular formula is C22H27F2NO4. The van der Waals surface area contributed by atoms with Gasteiger partial charge in [-0.3, -0.25) is 0 Å². The van der Waals surface area contributed by atoms with Gasteiger partial charge in [0.2, 0.25) is 0 Å². The van der Waals surface area contributed by atoms with Crippen LogP contribution < -0.4 is 10.1 Å². The Bertz CT molecular complexity index is 784. The first kappa shape index (κ1) is 20.5. The molecule has 0 radical (unpaired) electrons. The van der Waals surface area contributed by atoms with Gasteiger partial charge in [0.05, 0.1) is 18.3 Å².